The minimum atomic E-state index is -3.27. The van der Waals surface area contributed by atoms with Gasteiger partial charge in [0.1, 0.15) is 6.10 Å². The molecule has 0 aromatic heterocycles. The molecular formula is C9H21O6P. The van der Waals surface area contributed by atoms with Crippen molar-refractivity contribution in [2.75, 3.05) is 33.6 Å². The van der Waals surface area contributed by atoms with Crippen LogP contribution >= 0.6 is 7.60 Å². The molecule has 1 unspecified atom stereocenters. The van der Waals surface area contributed by atoms with E-state index in [-0.39, 0.29) is 19.4 Å². The van der Waals surface area contributed by atoms with Crippen LogP contribution in [0.15, 0.2) is 0 Å². The first-order valence-corrected chi connectivity index (χ1v) is 6.87. The molecule has 0 aliphatic carbocycles. The zero-order valence-electron chi connectivity index (χ0n) is 10.2. The van der Waals surface area contributed by atoms with Crippen LogP contribution in [0, 0.1) is 0 Å². The Morgan fingerprint density at radius 2 is 1.56 bits per heavy atom. The smallest absolute Gasteiger partial charge is 0.333 e. The summed E-state index contributed by atoms with van der Waals surface area (Å²) < 4.78 is 31.8. The van der Waals surface area contributed by atoms with Gasteiger partial charge in [-0.2, -0.15) is 0 Å². The highest BCUT2D eigenvalue weighted by molar-refractivity contribution is 7.53. The van der Waals surface area contributed by atoms with E-state index in [1.807, 2.05) is 0 Å². The molecule has 0 spiro atoms. The molecule has 0 saturated heterocycles. The summed E-state index contributed by atoms with van der Waals surface area (Å²) >= 11 is 0. The number of aliphatic hydroxyl groups excluding tert-OH is 1. The summed E-state index contributed by atoms with van der Waals surface area (Å²) in [4.78, 5) is 0. The summed E-state index contributed by atoms with van der Waals surface area (Å²) in [6.07, 6.45) is -2.05. The van der Waals surface area contributed by atoms with Gasteiger partial charge in [0.25, 0.3) is 0 Å². The van der Waals surface area contributed by atoms with Crippen molar-refractivity contribution in [3.63, 3.8) is 0 Å². The Balaban J connectivity index is 4.43. The lowest BCUT2D eigenvalue weighted by Gasteiger charge is -2.24. The van der Waals surface area contributed by atoms with E-state index in [2.05, 4.69) is 0 Å². The zero-order chi connectivity index (χ0) is 12.6. The summed E-state index contributed by atoms with van der Waals surface area (Å²) in [5, 5.41) is 9.72. The van der Waals surface area contributed by atoms with Crippen LogP contribution in [0.1, 0.15) is 13.8 Å². The van der Waals surface area contributed by atoms with Crippen LogP contribution in [0.4, 0.5) is 0 Å². The van der Waals surface area contributed by atoms with Crippen molar-refractivity contribution >= 4 is 7.60 Å². The highest BCUT2D eigenvalue weighted by Gasteiger charge is 2.32. The molecule has 0 amide bonds. The molecule has 1 N–H and O–H groups in total. The Kier molecular flexibility index (Phi) is 8.18. The van der Waals surface area contributed by atoms with Crippen molar-refractivity contribution in [1.82, 2.24) is 0 Å². The van der Waals surface area contributed by atoms with E-state index in [1.165, 1.54) is 14.2 Å². The molecule has 7 heteroatoms. The Hall–Kier alpha value is 0.0300. The first-order valence-electron chi connectivity index (χ1n) is 5.14. The monoisotopic (exact) mass is 256 g/mol. The van der Waals surface area contributed by atoms with Crippen molar-refractivity contribution < 1.29 is 28.2 Å². The van der Waals surface area contributed by atoms with Crippen LogP contribution in [0.3, 0.4) is 0 Å². The van der Waals surface area contributed by atoms with Crippen LogP contribution in [0.2, 0.25) is 0 Å². The van der Waals surface area contributed by atoms with Crippen LogP contribution in [0.5, 0.6) is 0 Å². The SMILES string of the molecule is CCOP(=O)(CC(O)C(OC)OC)OCC. The maximum Gasteiger partial charge on any atom is 0.333 e. The Bertz CT molecular complexity index is 208. The molecule has 0 rings (SSSR count). The van der Waals surface area contributed by atoms with Crippen LogP contribution in [-0.2, 0) is 23.1 Å². The van der Waals surface area contributed by atoms with E-state index in [1.54, 1.807) is 13.8 Å². The molecule has 0 aromatic carbocycles. The van der Waals surface area contributed by atoms with Gasteiger partial charge in [-0.1, -0.05) is 0 Å². The van der Waals surface area contributed by atoms with Crippen LogP contribution < -0.4 is 0 Å². The van der Waals surface area contributed by atoms with Gasteiger partial charge in [-0.05, 0) is 13.8 Å². The molecule has 0 aliphatic rings. The van der Waals surface area contributed by atoms with E-state index in [9.17, 15) is 9.67 Å². The Morgan fingerprint density at radius 1 is 1.12 bits per heavy atom. The van der Waals surface area contributed by atoms with Gasteiger partial charge in [0.05, 0.1) is 19.4 Å². The van der Waals surface area contributed by atoms with E-state index in [4.69, 9.17) is 18.5 Å². The third kappa shape index (κ3) is 5.39. The molecule has 0 radical (unpaired) electrons. The van der Waals surface area contributed by atoms with E-state index in [0.717, 1.165) is 0 Å². The van der Waals surface area contributed by atoms with Crippen molar-refractivity contribution in [3.05, 3.63) is 0 Å². The maximum atomic E-state index is 12.0. The predicted octanol–water partition coefficient (Wildman–Crippen LogP) is 1.23. The van der Waals surface area contributed by atoms with Gasteiger partial charge in [0, 0.05) is 14.2 Å². The third-order valence-corrected chi connectivity index (χ3v) is 3.97. The molecule has 98 valence electrons. The fraction of sp³-hybridized carbons (Fsp3) is 1.00. The number of hydrogen-bond donors (Lipinski definition) is 1. The molecule has 0 saturated carbocycles. The minimum absolute atomic E-state index is 0.152. The van der Waals surface area contributed by atoms with Gasteiger partial charge in [-0.25, -0.2) is 0 Å². The molecule has 6 nitrogen and oxygen atoms in total. The average Bonchev–Trinajstić information content (AvgIpc) is 2.19. The lowest BCUT2D eigenvalue weighted by Crippen LogP contribution is -2.33. The average molecular weight is 256 g/mol. The van der Waals surface area contributed by atoms with Crippen LogP contribution in [-0.4, -0.2) is 51.1 Å². The van der Waals surface area contributed by atoms with Gasteiger partial charge in [0.15, 0.2) is 6.29 Å². The second-order valence-corrected chi connectivity index (χ2v) is 5.14. The summed E-state index contributed by atoms with van der Waals surface area (Å²) in [6.45, 7) is 3.94. The van der Waals surface area contributed by atoms with Crippen molar-refractivity contribution in [2.24, 2.45) is 0 Å². The summed E-state index contributed by atoms with van der Waals surface area (Å²) in [5.41, 5.74) is 0. The highest BCUT2D eigenvalue weighted by atomic mass is 31.2. The molecule has 0 fully saturated rings. The quantitative estimate of drug-likeness (QED) is 0.494. The van der Waals surface area contributed by atoms with Gasteiger partial charge in [-0.3, -0.25) is 4.57 Å². The fourth-order valence-electron chi connectivity index (χ4n) is 1.26. The van der Waals surface area contributed by atoms with Crippen LogP contribution in [0.25, 0.3) is 0 Å². The number of aliphatic hydroxyl groups is 1. The Labute approximate surface area is 96.4 Å². The molecular weight excluding hydrogens is 235 g/mol. The summed E-state index contributed by atoms with van der Waals surface area (Å²) in [7, 11) is -0.481. The normalized spacial score (nSPS) is 14.4. The zero-order valence-corrected chi connectivity index (χ0v) is 11.1. The largest absolute Gasteiger partial charge is 0.387 e. The molecule has 16 heavy (non-hydrogen) atoms. The summed E-state index contributed by atoms with van der Waals surface area (Å²) in [5.74, 6) is 0. The van der Waals surface area contributed by atoms with Crippen molar-refractivity contribution in [2.45, 2.75) is 26.2 Å². The predicted molar refractivity (Wildman–Crippen MR) is 59.5 cm³/mol. The topological polar surface area (TPSA) is 74.2 Å². The summed E-state index contributed by atoms with van der Waals surface area (Å²) in [6, 6.07) is 0. The van der Waals surface area contributed by atoms with Gasteiger partial charge >= 0.3 is 7.60 Å². The first kappa shape index (κ1) is 16.0. The molecule has 1 atom stereocenters. The number of rotatable bonds is 9. The number of hydrogen-bond acceptors (Lipinski definition) is 6. The lowest BCUT2D eigenvalue weighted by atomic mass is 10.4. The molecule has 0 aromatic rings. The Morgan fingerprint density at radius 3 is 1.88 bits per heavy atom. The second kappa shape index (κ2) is 8.17. The van der Waals surface area contributed by atoms with Crippen molar-refractivity contribution in [3.8, 4) is 0 Å². The van der Waals surface area contributed by atoms with Gasteiger partial charge in [-0.15, -0.1) is 0 Å². The molecule has 0 aliphatic heterocycles. The van der Waals surface area contributed by atoms with E-state index in [0.29, 0.717) is 0 Å². The molecule has 0 bridgehead atoms. The second-order valence-electron chi connectivity index (χ2n) is 3.04. The fourth-order valence-corrected chi connectivity index (χ4v) is 2.96. The highest BCUT2D eigenvalue weighted by Crippen LogP contribution is 2.48. The number of ether oxygens (including phenoxy) is 2. The third-order valence-electron chi connectivity index (χ3n) is 1.84. The first-order chi connectivity index (χ1) is 7.52. The molecule has 0 heterocycles. The van der Waals surface area contributed by atoms with Crippen molar-refractivity contribution in [1.29, 1.82) is 0 Å². The maximum absolute atomic E-state index is 12.0. The van der Waals surface area contributed by atoms with E-state index < -0.39 is 20.0 Å². The lowest BCUT2D eigenvalue weighted by molar-refractivity contribution is -0.158. The number of methoxy groups -OCH3 is 2. The van der Waals surface area contributed by atoms with E-state index >= 15 is 0 Å². The van der Waals surface area contributed by atoms with Gasteiger partial charge in [0.2, 0.25) is 0 Å². The van der Waals surface area contributed by atoms with Gasteiger partial charge < -0.3 is 23.6 Å². The minimum Gasteiger partial charge on any atom is -0.387 e. The standard InChI is InChI=1S/C9H21O6P/c1-5-14-16(11,15-6-2)7-8(10)9(12-3)13-4/h8-10H,5-7H2,1-4H3.